The Morgan fingerprint density at radius 3 is 2.70 bits per heavy atom. The molecule has 0 unspecified atom stereocenters. The van der Waals surface area contributed by atoms with Gasteiger partial charge in [-0.3, -0.25) is 4.79 Å². The first-order chi connectivity index (χ1) is 11.2. The lowest BCUT2D eigenvalue weighted by Crippen LogP contribution is -2.26. The van der Waals surface area contributed by atoms with Crippen molar-refractivity contribution in [3.8, 4) is 5.75 Å². The average molecular weight is 309 g/mol. The van der Waals surface area contributed by atoms with Crippen molar-refractivity contribution in [2.45, 2.75) is 13.3 Å². The summed E-state index contributed by atoms with van der Waals surface area (Å²) in [5.74, 6) is 1.37. The number of furan rings is 1. The van der Waals surface area contributed by atoms with Crippen LogP contribution in [0, 0.1) is 6.92 Å². The molecule has 3 aromatic rings. The Morgan fingerprint density at radius 1 is 1.13 bits per heavy atom. The fourth-order valence-electron chi connectivity index (χ4n) is 2.76. The van der Waals surface area contributed by atoms with Crippen molar-refractivity contribution in [1.29, 1.82) is 0 Å². The Hall–Kier alpha value is -2.75. The summed E-state index contributed by atoms with van der Waals surface area (Å²) in [4.78, 5) is 12.5. The van der Waals surface area contributed by atoms with Gasteiger partial charge in [0.1, 0.15) is 17.1 Å². The number of carbonyl (C=O) groups is 1. The van der Waals surface area contributed by atoms with E-state index in [1.165, 1.54) is 0 Å². The molecule has 0 radical (unpaired) electrons. The summed E-state index contributed by atoms with van der Waals surface area (Å²) < 4.78 is 11.0. The van der Waals surface area contributed by atoms with E-state index in [2.05, 4.69) is 5.32 Å². The van der Waals surface area contributed by atoms with Gasteiger partial charge in [-0.25, -0.2) is 0 Å². The lowest BCUT2D eigenvalue weighted by molar-refractivity contribution is 0.0954. The molecule has 0 aliphatic rings. The number of hydrogen-bond acceptors (Lipinski definition) is 3. The molecule has 0 aliphatic carbocycles. The van der Waals surface area contributed by atoms with Gasteiger partial charge in [0.25, 0.3) is 5.91 Å². The highest BCUT2D eigenvalue weighted by atomic mass is 16.5. The van der Waals surface area contributed by atoms with Crippen LogP contribution < -0.4 is 10.1 Å². The maximum atomic E-state index is 12.5. The highest BCUT2D eigenvalue weighted by molar-refractivity contribution is 6.07. The molecule has 23 heavy (non-hydrogen) atoms. The first-order valence-corrected chi connectivity index (χ1v) is 7.59. The Labute approximate surface area is 135 Å². The normalized spacial score (nSPS) is 10.7. The van der Waals surface area contributed by atoms with Gasteiger partial charge in [0.05, 0.1) is 12.7 Å². The minimum Gasteiger partial charge on any atom is -0.496 e. The fraction of sp³-hybridized carbons (Fsp3) is 0.211. The van der Waals surface area contributed by atoms with Crippen molar-refractivity contribution in [3.63, 3.8) is 0 Å². The SMILES string of the molecule is COc1ccccc1CCNC(=O)c1c(C)oc2ccccc12. The molecule has 1 aromatic heterocycles. The monoisotopic (exact) mass is 309 g/mol. The standard InChI is InChI=1S/C19H19NO3/c1-13-18(15-8-4-6-10-17(15)23-13)19(21)20-12-11-14-7-3-5-9-16(14)22-2/h3-10H,11-12H2,1-2H3,(H,20,21). The van der Waals surface area contributed by atoms with Crippen molar-refractivity contribution in [2.75, 3.05) is 13.7 Å². The number of nitrogens with one attached hydrogen (secondary N) is 1. The van der Waals surface area contributed by atoms with Gasteiger partial charge < -0.3 is 14.5 Å². The summed E-state index contributed by atoms with van der Waals surface area (Å²) in [6.45, 7) is 2.35. The molecule has 118 valence electrons. The maximum absolute atomic E-state index is 12.5. The van der Waals surface area contributed by atoms with Gasteiger partial charge in [-0.15, -0.1) is 0 Å². The maximum Gasteiger partial charge on any atom is 0.255 e. The molecule has 4 nitrogen and oxygen atoms in total. The Morgan fingerprint density at radius 2 is 1.87 bits per heavy atom. The van der Waals surface area contributed by atoms with Gasteiger partial charge in [-0.05, 0) is 31.0 Å². The fourth-order valence-corrected chi connectivity index (χ4v) is 2.76. The highest BCUT2D eigenvalue weighted by Crippen LogP contribution is 2.25. The Bertz CT molecular complexity index is 836. The van der Waals surface area contributed by atoms with E-state index in [4.69, 9.17) is 9.15 Å². The molecule has 1 amide bonds. The molecule has 0 bridgehead atoms. The minimum absolute atomic E-state index is 0.109. The number of para-hydroxylation sites is 2. The van der Waals surface area contributed by atoms with Crippen molar-refractivity contribution in [1.82, 2.24) is 5.32 Å². The van der Waals surface area contributed by atoms with E-state index in [-0.39, 0.29) is 5.91 Å². The second-order valence-electron chi connectivity index (χ2n) is 5.35. The molecule has 0 spiro atoms. The van der Waals surface area contributed by atoms with Crippen molar-refractivity contribution in [3.05, 3.63) is 65.4 Å². The third-order valence-corrected chi connectivity index (χ3v) is 3.87. The van der Waals surface area contributed by atoms with Crippen molar-refractivity contribution in [2.24, 2.45) is 0 Å². The first kappa shape index (κ1) is 15.2. The highest BCUT2D eigenvalue weighted by Gasteiger charge is 2.17. The van der Waals surface area contributed by atoms with Gasteiger partial charge in [0.2, 0.25) is 0 Å². The number of hydrogen-bond donors (Lipinski definition) is 1. The van der Waals surface area contributed by atoms with E-state index in [0.717, 1.165) is 22.3 Å². The van der Waals surface area contributed by atoms with Crippen LogP contribution in [0.1, 0.15) is 21.7 Å². The predicted octanol–water partition coefficient (Wildman–Crippen LogP) is 3.72. The first-order valence-electron chi connectivity index (χ1n) is 7.59. The summed E-state index contributed by atoms with van der Waals surface area (Å²) >= 11 is 0. The quantitative estimate of drug-likeness (QED) is 0.781. The number of carbonyl (C=O) groups excluding carboxylic acids is 1. The van der Waals surface area contributed by atoms with Crippen LogP contribution in [0.3, 0.4) is 0 Å². The molecule has 1 heterocycles. The molecule has 3 rings (SSSR count). The number of fused-ring (bicyclic) bond motifs is 1. The summed E-state index contributed by atoms with van der Waals surface area (Å²) in [5, 5.41) is 3.81. The van der Waals surface area contributed by atoms with E-state index in [1.54, 1.807) is 7.11 Å². The largest absolute Gasteiger partial charge is 0.496 e. The predicted molar refractivity (Wildman–Crippen MR) is 90.0 cm³/mol. The van der Waals surface area contributed by atoms with E-state index in [0.29, 0.717) is 24.3 Å². The van der Waals surface area contributed by atoms with E-state index >= 15 is 0 Å². The van der Waals surface area contributed by atoms with Gasteiger partial charge in [0.15, 0.2) is 0 Å². The second-order valence-corrected chi connectivity index (χ2v) is 5.35. The molecule has 0 atom stereocenters. The summed E-state index contributed by atoms with van der Waals surface area (Å²) in [6.07, 6.45) is 0.713. The van der Waals surface area contributed by atoms with Gasteiger partial charge >= 0.3 is 0 Å². The van der Waals surface area contributed by atoms with Crippen LogP contribution in [0.4, 0.5) is 0 Å². The van der Waals surface area contributed by atoms with E-state index in [9.17, 15) is 4.79 Å². The van der Waals surface area contributed by atoms with Crippen LogP contribution in [-0.2, 0) is 6.42 Å². The number of ether oxygens (including phenoxy) is 1. The van der Waals surface area contributed by atoms with Crippen LogP contribution in [0.2, 0.25) is 0 Å². The van der Waals surface area contributed by atoms with Gasteiger partial charge in [0, 0.05) is 11.9 Å². The molecule has 0 aliphatic heterocycles. The summed E-state index contributed by atoms with van der Waals surface area (Å²) in [6, 6.07) is 15.4. The number of methoxy groups -OCH3 is 1. The van der Waals surface area contributed by atoms with Crippen molar-refractivity contribution >= 4 is 16.9 Å². The van der Waals surface area contributed by atoms with E-state index in [1.807, 2.05) is 55.5 Å². The molecule has 0 saturated carbocycles. The lowest BCUT2D eigenvalue weighted by Gasteiger charge is -2.09. The third-order valence-electron chi connectivity index (χ3n) is 3.87. The molecule has 0 fully saturated rings. The van der Waals surface area contributed by atoms with Crippen LogP contribution in [0.15, 0.2) is 52.9 Å². The number of rotatable bonds is 5. The van der Waals surface area contributed by atoms with E-state index < -0.39 is 0 Å². The Balaban J connectivity index is 1.71. The van der Waals surface area contributed by atoms with Crippen LogP contribution >= 0.6 is 0 Å². The third kappa shape index (κ3) is 3.06. The zero-order chi connectivity index (χ0) is 16.2. The minimum atomic E-state index is -0.109. The Kier molecular flexibility index (Phi) is 4.33. The van der Waals surface area contributed by atoms with Crippen LogP contribution in [0.5, 0.6) is 5.75 Å². The zero-order valence-electron chi connectivity index (χ0n) is 13.3. The number of benzene rings is 2. The van der Waals surface area contributed by atoms with Crippen LogP contribution in [0.25, 0.3) is 11.0 Å². The van der Waals surface area contributed by atoms with Crippen molar-refractivity contribution < 1.29 is 13.9 Å². The lowest BCUT2D eigenvalue weighted by atomic mass is 10.1. The average Bonchev–Trinajstić information content (AvgIpc) is 2.91. The van der Waals surface area contributed by atoms with Crippen LogP contribution in [-0.4, -0.2) is 19.6 Å². The second kappa shape index (κ2) is 6.57. The topological polar surface area (TPSA) is 51.5 Å². The molecule has 0 saturated heterocycles. The summed E-state index contributed by atoms with van der Waals surface area (Å²) in [5.41, 5.74) is 2.42. The molecule has 4 heteroatoms. The smallest absolute Gasteiger partial charge is 0.255 e. The van der Waals surface area contributed by atoms with Gasteiger partial charge in [-0.1, -0.05) is 36.4 Å². The molecular weight excluding hydrogens is 290 g/mol. The zero-order valence-corrected chi connectivity index (χ0v) is 13.3. The number of aryl methyl sites for hydroxylation is 1. The molecule has 1 N–H and O–H groups in total. The molecular formula is C19H19NO3. The van der Waals surface area contributed by atoms with Gasteiger partial charge in [-0.2, -0.15) is 0 Å². The molecule has 2 aromatic carbocycles. The number of amides is 1. The summed E-state index contributed by atoms with van der Waals surface area (Å²) in [7, 11) is 1.65.